The van der Waals surface area contributed by atoms with Crippen LogP contribution in [0.15, 0.2) is 30.6 Å². The first-order chi connectivity index (χ1) is 11.0. The smallest absolute Gasteiger partial charge is 0.420 e. The summed E-state index contributed by atoms with van der Waals surface area (Å²) in [7, 11) is 2.93. The Kier molecular flexibility index (Phi) is 5.89. The van der Waals surface area contributed by atoms with Gasteiger partial charge in [-0.3, -0.25) is 0 Å². The Morgan fingerprint density at radius 2 is 2.04 bits per heavy atom. The van der Waals surface area contributed by atoms with Crippen molar-refractivity contribution in [1.29, 1.82) is 0 Å². The Morgan fingerprint density at radius 1 is 1.35 bits per heavy atom. The Bertz CT molecular complexity index is 684. The fraction of sp³-hybridized carbons (Fsp3) is 0.214. The van der Waals surface area contributed by atoms with Crippen molar-refractivity contribution in [2.24, 2.45) is 0 Å². The van der Waals surface area contributed by atoms with Crippen LogP contribution in [0.1, 0.15) is 5.56 Å². The zero-order chi connectivity index (χ0) is 16.8. The van der Waals surface area contributed by atoms with E-state index < -0.39 is 6.09 Å². The fourth-order valence-electron chi connectivity index (χ4n) is 1.57. The number of hydrogen-bond donors (Lipinski definition) is 1. The number of nitrogens with one attached hydrogen (secondary N) is 1. The largest absolute Gasteiger partial charge is 0.452 e. The highest BCUT2D eigenvalue weighted by Gasteiger charge is 2.10. The van der Waals surface area contributed by atoms with Crippen molar-refractivity contribution in [2.75, 3.05) is 18.9 Å². The maximum Gasteiger partial charge on any atom is 0.420 e. The topological polar surface area (TPSA) is 76.6 Å². The van der Waals surface area contributed by atoms with Crippen LogP contribution < -0.4 is 9.46 Å². The average Bonchev–Trinajstić information content (AvgIpc) is 2.56. The molecule has 0 radical (unpaired) electrons. The van der Waals surface area contributed by atoms with Crippen molar-refractivity contribution in [3.05, 3.63) is 41.2 Å². The molecule has 2 rings (SSSR count). The van der Waals surface area contributed by atoms with Gasteiger partial charge in [0.25, 0.3) is 0 Å². The van der Waals surface area contributed by atoms with Crippen molar-refractivity contribution in [3.63, 3.8) is 0 Å². The van der Waals surface area contributed by atoms with Gasteiger partial charge in [0.15, 0.2) is 0 Å². The van der Waals surface area contributed by atoms with Gasteiger partial charge >= 0.3 is 12.1 Å². The lowest BCUT2D eigenvalue weighted by atomic mass is 10.2. The van der Waals surface area contributed by atoms with Crippen LogP contribution in [0.5, 0.6) is 11.8 Å². The van der Waals surface area contributed by atoms with E-state index in [1.165, 1.54) is 23.8 Å². The molecule has 0 saturated heterocycles. The summed E-state index contributed by atoms with van der Waals surface area (Å²) in [5.41, 5.74) is 1.70. The summed E-state index contributed by atoms with van der Waals surface area (Å²) in [5, 5.41) is 0.445. The average molecular weight is 355 g/mol. The van der Waals surface area contributed by atoms with Gasteiger partial charge in [-0.1, -0.05) is 11.6 Å². The molecule has 0 unspecified atom stereocenters. The second-order valence-corrected chi connectivity index (χ2v) is 5.80. The van der Waals surface area contributed by atoms with E-state index in [0.29, 0.717) is 10.8 Å². The van der Waals surface area contributed by atoms with Crippen LogP contribution in [-0.2, 0) is 4.74 Å². The normalized spacial score (nSPS) is 10.1. The molecule has 0 aliphatic rings. The zero-order valence-corrected chi connectivity index (χ0v) is 14.3. The number of rotatable bonds is 5. The van der Waals surface area contributed by atoms with E-state index in [1.54, 1.807) is 13.1 Å². The monoisotopic (exact) mass is 354 g/mol. The summed E-state index contributed by atoms with van der Waals surface area (Å²) in [5.74, 6) is 0.629. The molecule has 9 heteroatoms. The minimum Gasteiger partial charge on any atom is -0.452 e. The van der Waals surface area contributed by atoms with Crippen LogP contribution in [0.3, 0.4) is 0 Å². The fourth-order valence-corrected chi connectivity index (χ4v) is 2.18. The number of methoxy groups -OCH3 is 1. The highest BCUT2D eigenvalue weighted by Crippen LogP contribution is 2.27. The molecule has 1 amide bonds. The standard InChI is InChI=1S/C14H15ClN4O3S/c1-9-6-11(18-23-19(2)14(20)21-3)4-5-12(9)22-13-16-7-10(15)8-17-13/h4-8,18H,1-3H3. The molecule has 0 saturated carbocycles. The van der Waals surface area contributed by atoms with Crippen molar-refractivity contribution in [1.82, 2.24) is 14.3 Å². The van der Waals surface area contributed by atoms with E-state index in [4.69, 9.17) is 16.3 Å². The van der Waals surface area contributed by atoms with Crippen LogP contribution in [0.2, 0.25) is 5.02 Å². The second-order valence-electron chi connectivity index (χ2n) is 4.43. The lowest BCUT2D eigenvalue weighted by molar-refractivity contribution is 0.157. The first-order valence-electron chi connectivity index (χ1n) is 6.50. The molecule has 1 heterocycles. The molecular formula is C14H15ClN4O3S. The summed E-state index contributed by atoms with van der Waals surface area (Å²) >= 11 is 6.84. The molecule has 2 aromatic rings. The summed E-state index contributed by atoms with van der Waals surface area (Å²) in [6.07, 6.45) is 2.49. The number of anilines is 1. The summed E-state index contributed by atoms with van der Waals surface area (Å²) in [6.45, 7) is 1.89. The van der Waals surface area contributed by atoms with Crippen molar-refractivity contribution in [3.8, 4) is 11.8 Å². The summed E-state index contributed by atoms with van der Waals surface area (Å²) in [6, 6.07) is 5.70. The molecule has 1 N–H and O–H groups in total. The number of hydrogen-bond acceptors (Lipinski definition) is 7. The summed E-state index contributed by atoms with van der Waals surface area (Å²) in [4.78, 5) is 19.2. The molecular weight excluding hydrogens is 340 g/mol. The Labute approximate surface area is 143 Å². The summed E-state index contributed by atoms with van der Waals surface area (Å²) < 4.78 is 14.6. The lowest BCUT2D eigenvalue weighted by Gasteiger charge is -2.15. The van der Waals surface area contributed by atoms with E-state index in [9.17, 15) is 4.79 Å². The first kappa shape index (κ1) is 17.2. The van der Waals surface area contributed by atoms with Gasteiger partial charge < -0.3 is 14.2 Å². The number of amides is 1. The molecule has 122 valence electrons. The van der Waals surface area contributed by atoms with Gasteiger partial charge in [-0.25, -0.2) is 19.1 Å². The van der Waals surface area contributed by atoms with Gasteiger partial charge in [0, 0.05) is 12.7 Å². The van der Waals surface area contributed by atoms with Crippen LogP contribution >= 0.6 is 23.7 Å². The molecule has 0 aliphatic carbocycles. The number of benzene rings is 1. The molecule has 0 spiro atoms. The molecule has 1 aromatic heterocycles. The van der Waals surface area contributed by atoms with Gasteiger partial charge in [-0.2, -0.15) is 0 Å². The number of ether oxygens (including phenoxy) is 2. The van der Waals surface area contributed by atoms with Gasteiger partial charge in [-0.05, 0) is 30.7 Å². The van der Waals surface area contributed by atoms with Crippen molar-refractivity contribution >= 4 is 35.5 Å². The second kappa shape index (κ2) is 7.89. The number of carbonyl (C=O) groups excluding carboxylic acids is 1. The number of carbonyl (C=O) groups is 1. The third-order valence-corrected chi connectivity index (χ3v) is 3.65. The minimum atomic E-state index is -0.445. The number of aromatic nitrogens is 2. The minimum absolute atomic E-state index is 0.220. The molecule has 0 bridgehead atoms. The quantitative estimate of drug-likeness (QED) is 0.816. The SMILES string of the molecule is COC(=O)N(C)SNc1ccc(Oc2ncc(Cl)cn2)c(C)c1. The predicted molar refractivity (Wildman–Crippen MR) is 89.7 cm³/mol. The van der Waals surface area contributed by atoms with Gasteiger partial charge in [0.1, 0.15) is 5.75 Å². The van der Waals surface area contributed by atoms with Crippen LogP contribution in [-0.4, -0.2) is 34.5 Å². The van der Waals surface area contributed by atoms with Gasteiger partial charge in [-0.15, -0.1) is 0 Å². The van der Waals surface area contributed by atoms with Crippen LogP contribution in [0.25, 0.3) is 0 Å². The van der Waals surface area contributed by atoms with E-state index in [2.05, 4.69) is 19.4 Å². The lowest BCUT2D eigenvalue weighted by Crippen LogP contribution is -2.20. The number of nitrogens with zero attached hydrogens (tertiary/aromatic N) is 3. The Morgan fingerprint density at radius 3 is 2.65 bits per heavy atom. The Balaban J connectivity index is 2.00. The van der Waals surface area contributed by atoms with E-state index in [1.807, 2.05) is 19.1 Å². The highest BCUT2D eigenvalue weighted by atomic mass is 35.5. The number of halogens is 1. The maximum absolute atomic E-state index is 11.3. The molecule has 0 fully saturated rings. The van der Waals surface area contributed by atoms with E-state index >= 15 is 0 Å². The Hall–Kier alpha value is -2.19. The van der Waals surface area contributed by atoms with Crippen LogP contribution in [0, 0.1) is 6.92 Å². The predicted octanol–water partition coefficient (Wildman–Crippen LogP) is 3.90. The zero-order valence-electron chi connectivity index (χ0n) is 12.7. The first-order valence-corrected chi connectivity index (χ1v) is 7.65. The van der Waals surface area contributed by atoms with Crippen LogP contribution in [0.4, 0.5) is 10.5 Å². The third kappa shape index (κ3) is 4.90. The van der Waals surface area contributed by atoms with Gasteiger partial charge in [0.2, 0.25) is 0 Å². The molecule has 0 atom stereocenters. The number of aryl methyl sites for hydroxylation is 1. The van der Waals surface area contributed by atoms with Crippen molar-refractivity contribution < 1.29 is 14.3 Å². The maximum atomic E-state index is 11.3. The van der Waals surface area contributed by atoms with Crippen molar-refractivity contribution in [2.45, 2.75) is 6.92 Å². The molecule has 23 heavy (non-hydrogen) atoms. The van der Waals surface area contributed by atoms with Gasteiger partial charge in [0.05, 0.1) is 36.7 Å². The molecule has 7 nitrogen and oxygen atoms in total. The highest BCUT2D eigenvalue weighted by molar-refractivity contribution is 7.98. The third-order valence-electron chi connectivity index (χ3n) is 2.70. The molecule has 0 aliphatic heterocycles. The van der Waals surface area contributed by atoms with E-state index in [0.717, 1.165) is 23.4 Å². The van der Waals surface area contributed by atoms with E-state index in [-0.39, 0.29) is 6.01 Å². The molecule has 1 aromatic carbocycles.